The molecule has 2 atom stereocenters. The normalized spacial score (nSPS) is 20.1. The van der Waals surface area contributed by atoms with Gasteiger partial charge in [-0.2, -0.15) is 0 Å². The third-order valence-electron chi connectivity index (χ3n) is 6.10. The number of thiophene rings is 1. The van der Waals surface area contributed by atoms with Crippen LogP contribution in [-0.4, -0.2) is 36.5 Å². The Labute approximate surface area is 201 Å². The molecule has 34 heavy (non-hydrogen) atoms. The fourth-order valence-electron chi connectivity index (χ4n) is 4.57. The Morgan fingerprint density at radius 2 is 1.97 bits per heavy atom. The molecular weight excluding hydrogens is 456 g/mol. The second-order valence-corrected chi connectivity index (χ2v) is 9.19. The molecule has 0 saturated heterocycles. The predicted octanol–water partition coefficient (Wildman–Crippen LogP) is 4.60. The molecule has 0 saturated carbocycles. The Balaban J connectivity index is 1.72. The Hall–Kier alpha value is -3.30. The van der Waals surface area contributed by atoms with E-state index in [4.69, 9.17) is 9.47 Å². The topological polar surface area (TPSA) is 108 Å². The Morgan fingerprint density at radius 3 is 2.62 bits per heavy atom. The van der Waals surface area contributed by atoms with Gasteiger partial charge in [-0.1, -0.05) is 18.2 Å². The minimum absolute atomic E-state index is 0.0392. The number of non-ortho nitro benzene ring substituents is 1. The van der Waals surface area contributed by atoms with Crippen molar-refractivity contribution in [2.24, 2.45) is 0 Å². The van der Waals surface area contributed by atoms with Gasteiger partial charge in [0.1, 0.15) is 6.61 Å². The van der Waals surface area contributed by atoms with Gasteiger partial charge >= 0.3 is 5.97 Å². The number of hydrogen-bond acceptors (Lipinski definition) is 8. The average Bonchev–Trinajstić information content (AvgIpc) is 3.36. The number of carbonyl (C=O) groups excluding carboxylic acids is 2. The summed E-state index contributed by atoms with van der Waals surface area (Å²) in [5, 5.41) is 16.5. The van der Waals surface area contributed by atoms with Crippen LogP contribution in [0.4, 0.5) is 5.69 Å². The first-order valence-corrected chi connectivity index (χ1v) is 12.0. The van der Waals surface area contributed by atoms with Crippen LogP contribution in [0.5, 0.6) is 0 Å². The molecule has 2 aliphatic rings. The van der Waals surface area contributed by atoms with Gasteiger partial charge in [-0.15, -0.1) is 11.3 Å². The molecular formula is C25H26N2O6S. The maximum Gasteiger partial charge on any atom is 0.336 e. The number of allylic oxidation sites excluding steroid dienone is 3. The third kappa shape index (κ3) is 4.80. The van der Waals surface area contributed by atoms with Gasteiger partial charge in [0.2, 0.25) is 0 Å². The molecule has 9 heteroatoms. The molecule has 1 aliphatic carbocycles. The lowest BCUT2D eigenvalue weighted by molar-refractivity contribution is -0.384. The molecule has 4 rings (SSSR count). The van der Waals surface area contributed by atoms with E-state index in [1.165, 1.54) is 12.1 Å². The molecule has 0 unspecified atom stereocenters. The summed E-state index contributed by atoms with van der Waals surface area (Å²) in [7, 11) is 0. The summed E-state index contributed by atoms with van der Waals surface area (Å²) in [4.78, 5) is 38.4. The van der Waals surface area contributed by atoms with Crippen molar-refractivity contribution in [3.8, 4) is 0 Å². The molecule has 0 spiro atoms. The summed E-state index contributed by atoms with van der Waals surface area (Å²) >= 11 is 1.63. The number of nitro benzene ring substituents is 1. The van der Waals surface area contributed by atoms with Crippen molar-refractivity contribution in [2.45, 2.75) is 38.5 Å². The van der Waals surface area contributed by atoms with Crippen LogP contribution in [0.15, 0.2) is 64.3 Å². The highest BCUT2D eigenvalue weighted by molar-refractivity contribution is 7.10. The van der Waals surface area contributed by atoms with Crippen LogP contribution < -0.4 is 5.32 Å². The van der Waals surface area contributed by atoms with E-state index < -0.39 is 16.8 Å². The molecule has 1 aromatic carbocycles. The molecule has 1 aromatic heterocycles. The molecule has 2 heterocycles. The SMILES string of the molecule is CCOCCOC(=O)C1=C(C)NC2=C(C(=O)C[C@@H](c3cccs3)C2)[C@H]1c1ccc([N+](=O)[O-])cc1. The standard InChI is InChI=1S/C25H26N2O6S/c1-3-32-10-11-33-25(29)22-15(2)26-19-13-17(21-5-4-12-34-21)14-20(28)24(19)23(22)16-6-8-18(9-7-16)27(30)31/h4-9,12,17,23,26H,3,10-11,13-14H2,1-2H3/t17-,23-/m0/s1. The number of ketones is 1. The quantitative estimate of drug-likeness (QED) is 0.254. The van der Waals surface area contributed by atoms with E-state index >= 15 is 0 Å². The Morgan fingerprint density at radius 1 is 1.21 bits per heavy atom. The van der Waals surface area contributed by atoms with Crippen LogP contribution in [0, 0.1) is 10.1 Å². The van der Waals surface area contributed by atoms with Crippen LogP contribution in [0.3, 0.4) is 0 Å². The first-order valence-electron chi connectivity index (χ1n) is 11.2. The fraction of sp³-hybridized carbons (Fsp3) is 0.360. The van der Waals surface area contributed by atoms with Crippen molar-refractivity contribution in [2.75, 3.05) is 19.8 Å². The lowest BCUT2D eigenvalue weighted by atomic mass is 9.72. The van der Waals surface area contributed by atoms with E-state index in [2.05, 4.69) is 5.32 Å². The van der Waals surface area contributed by atoms with Gasteiger partial charge in [0.05, 0.1) is 17.1 Å². The van der Waals surface area contributed by atoms with Crippen LogP contribution in [0.25, 0.3) is 0 Å². The lowest BCUT2D eigenvalue weighted by Crippen LogP contribution is -2.36. The third-order valence-corrected chi connectivity index (χ3v) is 7.13. The predicted molar refractivity (Wildman–Crippen MR) is 127 cm³/mol. The van der Waals surface area contributed by atoms with Crippen molar-refractivity contribution in [1.29, 1.82) is 0 Å². The molecule has 0 radical (unpaired) electrons. The summed E-state index contributed by atoms with van der Waals surface area (Å²) < 4.78 is 10.7. The molecule has 2 aromatic rings. The summed E-state index contributed by atoms with van der Waals surface area (Å²) in [6.07, 6.45) is 0.991. The van der Waals surface area contributed by atoms with Crippen molar-refractivity contribution >= 4 is 28.8 Å². The zero-order chi connectivity index (χ0) is 24.2. The van der Waals surface area contributed by atoms with Gasteiger partial charge in [0.15, 0.2) is 5.78 Å². The minimum Gasteiger partial charge on any atom is -0.460 e. The van der Waals surface area contributed by atoms with Gasteiger partial charge in [-0.25, -0.2) is 4.79 Å². The number of nitrogens with zero attached hydrogens (tertiary/aromatic N) is 1. The monoisotopic (exact) mass is 482 g/mol. The van der Waals surface area contributed by atoms with E-state index in [1.807, 2.05) is 24.4 Å². The van der Waals surface area contributed by atoms with E-state index in [0.29, 0.717) is 41.9 Å². The maximum atomic E-state index is 13.5. The summed E-state index contributed by atoms with van der Waals surface area (Å²) in [5.41, 5.74) is 2.86. The maximum absolute atomic E-state index is 13.5. The molecule has 178 valence electrons. The fourth-order valence-corrected chi connectivity index (χ4v) is 5.40. The number of benzene rings is 1. The van der Waals surface area contributed by atoms with E-state index in [0.717, 1.165) is 10.6 Å². The number of nitro groups is 1. The van der Waals surface area contributed by atoms with Gasteiger partial charge < -0.3 is 14.8 Å². The van der Waals surface area contributed by atoms with E-state index in [-0.39, 0.29) is 30.6 Å². The number of carbonyl (C=O) groups is 2. The average molecular weight is 483 g/mol. The van der Waals surface area contributed by atoms with E-state index in [9.17, 15) is 19.7 Å². The molecule has 0 fully saturated rings. The highest BCUT2D eigenvalue weighted by Gasteiger charge is 2.41. The Kier molecular flexibility index (Phi) is 7.23. The van der Waals surface area contributed by atoms with Crippen molar-refractivity contribution in [1.82, 2.24) is 5.32 Å². The lowest BCUT2D eigenvalue weighted by Gasteiger charge is -2.36. The van der Waals surface area contributed by atoms with Crippen LogP contribution in [0.2, 0.25) is 0 Å². The molecule has 0 amide bonds. The van der Waals surface area contributed by atoms with Gasteiger partial charge in [0, 0.05) is 58.8 Å². The molecule has 1 aliphatic heterocycles. The van der Waals surface area contributed by atoms with Crippen LogP contribution in [0.1, 0.15) is 49.0 Å². The van der Waals surface area contributed by atoms with Gasteiger partial charge in [-0.05, 0) is 37.3 Å². The number of ether oxygens (including phenoxy) is 2. The minimum atomic E-state index is -0.659. The number of Topliss-reactive ketones (excluding diaryl/α,β-unsaturated/α-hetero) is 1. The van der Waals surface area contributed by atoms with Gasteiger partial charge in [0.25, 0.3) is 5.69 Å². The summed E-state index contributed by atoms with van der Waals surface area (Å²) in [5.74, 6) is -1.16. The van der Waals surface area contributed by atoms with Crippen molar-refractivity contribution in [3.63, 3.8) is 0 Å². The second kappa shape index (κ2) is 10.3. The second-order valence-electron chi connectivity index (χ2n) is 8.21. The van der Waals surface area contributed by atoms with E-state index in [1.54, 1.807) is 30.4 Å². The summed E-state index contributed by atoms with van der Waals surface area (Å²) in [6, 6.07) is 10.0. The van der Waals surface area contributed by atoms with Crippen LogP contribution in [-0.2, 0) is 19.1 Å². The largest absolute Gasteiger partial charge is 0.460 e. The number of nitrogens with one attached hydrogen (secondary N) is 1. The zero-order valence-electron chi connectivity index (χ0n) is 19.0. The molecule has 0 bridgehead atoms. The van der Waals surface area contributed by atoms with Crippen LogP contribution >= 0.6 is 11.3 Å². The Bertz CT molecular complexity index is 1150. The number of hydrogen-bond donors (Lipinski definition) is 1. The zero-order valence-corrected chi connectivity index (χ0v) is 19.9. The van der Waals surface area contributed by atoms with Gasteiger partial charge in [-0.3, -0.25) is 14.9 Å². The number of dihydropyridines is 1. The molecule has 8 nitrogen and oxygen atoms in total. The first-order chi connectivity index (χ1) is 16.4. The molecule has 1 N–H and O–H groups in total. The van der Waals surface area contributed by atoms with Crippen molar-refractivity contribution < 1.29 is 24.0 Å². The smallest absolute Gasteiger partial charge is 0.336 e. The van der Waals surface area contributed by atoms with Crippen molar-refractivity contribution in [3.05, 3.63) is 84.9 Å². The number of rotatable bonds is 8. The summed E-state index contributed by atoms with van der Waals surface area (Å²) in [6.45, 7) is 4.54. The highest BCUT2D eigenvalue weighted by Crippen LogP contribution is 2.46. The first kappa shape index (κ1) is 23.8. The number of esters is 1. The highest BCUT2D eigenvalue weighted by atomic mass is 32.1.